The third-order valence-electron chi connectivity index (χ3n) is 6.07. The lowest BCUT2D eigenvalue weighted by Crippen LogP contribution is -2.59. The number of ether oxygens (including phenoxy) is 1. The molecule has 0 radical (unpaired) electrons. The zero-order valence-corrected chi connectivity index (χ0v) is 21.5. The summed E-state index contributed by atoms with van der Waals surface area (Å²) in [6.07, 6.45) is 0. The number of hydrogen-bond donors (Lipinski definition) is 0. The summed E-state index contributed by atoms with van der Waals surface area (Å²) in [6.45, 7) is 9.67. The molecule has 36 heavy (non-hydrogen) atoms. The van der Waals surface area contributed by atoms with Gasteiger partial charge >= 0.3 is 5.97 Å². The van der Waals surface area contributed by atoms with Crippen LogP contribution in [-0.4, -0.2) is 65.3 Å². The van der Waals surface area contributed by atoms with Crippen LogP contribution in [0.25, 0.3) is 5.57 Å². The molecule has 1 aliphatic rings. The fourth-order valence-electron chi connectivity index (χ4n) is 4.10. The van der Waals surface area contributed by atoms with Gasteiger partial charge in [0.05, 0.1) is 23.5 Å². The van der Waals surface area contributed by atoms with Crippen molar-refractivity contribution in [1.82, 2.24) is 9.80 Å². The van der Waals surface area contributed by atoms with Gasteiger partial charge in [0.25, 0.3) is 11.6 Å². The van der Waals surface area contributed by atoms with Gasteiger partial charge in [-0.3, -0.25) is 19.7 Å². The Kier molecular flexibility index (Phi) is 8.52. The lowest BCUT2D eigenvalue weighted by Gasteiger charge is -2.39. The summed E-state index contributed by atoms with van der Waals surface area (Å²) in [5.74, 6) is -1.13. The second kappa shape index (κ2) is 11.4. The molecule has 2 aromatic carbocycles. The first-order valence-corrected chi connectivity index (χ1v) is 12.3. The van der Waals surface area contributed by atoms with Gasteiger partial charge in [0.15, 0.2) is 0 Å². The van der Waals surface area contributed by atoms with E-state index in [4.69, 9.17) is 4.74 Å². The van der Waals surface area contributed by atoms with Crippen molar-refractivity contribution in [1.29, 1.82) is 0 Å². The molecule has 1 saturated heterocycles. The Morgan fingerprint density at radius 1 is 1.14 bits per heavy atom. The van der Waals surface area contributed by atoms with Gasteiger partial charge in [0.1, 0.15) is 6.04 Å². The molecule has 190 valence electrons. The highest BCUT2D eigenvalue weighted by atomic mass is 32.2. The van der Waals surface area contributed by atoms with Gasteiger partial charge in [-0.25, -0.2) is 4.79 Å². The van der Waals surface area contributed by atoms with Crippen molar-refractivity contribution in [3.8, 4) is 0 Å². The van der Waals surface area contributed by atoms with Crippen LogP contribution in [0.1, 0.15) is 37.8 Å². The Morgan fingerprint density at radius 3 is 2.44 bits per heavy atom. The second-order valence-corrected chi connectivity index (χ2v) is 9.80. The molecule has 3 rings (SSSR count). The first-order chi connectivity index (χ1) is 17.0. The number of methoxy groups -OCH3 is 1. The highest BCUT2D eigenvalue weighted by molar-refractivity contribution is 7.99. The van der Waals surface area contributed by atoms with E-state index < -0.39 is 22.8 Å². The fourth-order valence-corrected chi connectivity index (χ4v) is 5.28. The predicted octanol–water partition coefficient (Wildman–Crippen LogP) is 4.11. The van der Waals surface area contributed by atoms with E-state index in [1.54, 1.807) is 12.1 Å². The molecule has 2 aromatic rings. The van der Waals surface area contributed by atoms with Crippen LogP contribution in [0.5, 0.6) is 0 Å². The number of carbonyl (C=O) groups excluding carboxylic acids is 3. The third-order valence-corrected chi connectivity index (χ3v) is 7.23. The largest absolute Gasteiger partial charge is 0.467 e. The van der Waals surface area contributed by atoms with Gasteiger partial charge in [-0.2, -0.15) is 0 Å². The van der Waals surface area contributed by atoms with Crippen molar-refractivity contribution in [2.75, 3.05) is 26.7 Å². The molecular formula is C26H29N3O6S. The van der Waals surface area contributed by atoms with Gasteiger partial charge in [0, 0.05) is 36.5 Å². The third kappa shape index (κ3) is 5.76. The molecule has 1 unspecified atom stereocenters. The van der Waals surface area contributed by atoms with Crippen molar-refractivity contribution in [2.45, 2.75) is 42.5 Å². The number of piperazine rings is 1. The van der Waals surface area contributed by atoms with E-state index in [-0.39, 0.29) is 42.7 Å². The number of amides is 2. The van der Waals surface area contributed by atoms with Crippen LogP contribution in [0, 0.1) is 10.1 Å². The summed E-state index contributed by atoms with van der Waals surface area (Å²) in [7, 11) is 1.22. The van der Waals surface area contributed by atoms with E-state index in [1.165, 1.54) is 41.7 Å². The fraction of sp³-hybridized carbons (Fsp3) is 0.346. The smallest absolute Gasteiger partial charge is 0.330 e. The molecule has 0 bridgehead atoms. The van der Waals surface area contributed by atoms with Crippen LogP contribution in [0.3, 0.4) is 0 Å². The van der Waals surface area contributed by atoms with Gasteiger partial charge in [0.2, 0.25) is 5.91 Å². The average molecular weight is 512 g/mol. The molecule has 1 heterocycles. The van der Waals surface area contributed by atoms with Gasteiger partial charge in [-0.15, -0.1) is 0 Å². The zero-order valence-electron chi connectivity index (χ0n) is 20.7. The Morgan fingerprint density at radius 2 is 1.83 bits per heavy atom. The van der Waals surface area contributed by atoms with E-state index in [9.17, 15) is 24.5 Å². The number of rotatable bonds is 7. The summed E-state index contributed by atoms with van der Waals surface area (Å²) >= 11 is 1.31. The average Bonchev–Trinajstić information content (AvgIpc) is 2.87. The number of hydrogen-bond acceptors (Lipinski definition) is 7. The second-order valence-electron chi connectivity index (χ2n) is 8.72. The highest BCUT2D eigenvalue weighted by Crippen LogP contribution is 2.39. The van der Waals surface area contributed by atoms with E-state index >= 15 is 0 Å². The lowest BCUT2D eigenvalue weighted by molar-refractivity contribution is -0.387. The highest BCUT2D eigenvalue weighted by Gasteiger charge is 2.37. The Labute approximate surface area is 214 Å². The summed E-state index contributed by atoms with van der Waals surface area (Å²) in [5.41, 5.74) is 1.35. The molecule has 1 atom stereocenters. The SMILES string of the molecule is C=C(C(=O)N1CCN(C(C)=O)C(C(=O)OC)C1)c1ccc(Sc2ccccc2C(C)C)c([N+](=O)[O-])c1. The molecule has 0 N–H and O–H groups in total. The molecule has 0 saturated carbocycles. The summed E-state index contributed by atoms with van der Waals surface area (Å²) in [5, 5.41) is 11.9. The molecule has 0 spiro atoms. The van der Waals surface area contributed by atoms with Crippen molar-refractivity contribution < 1.29 is 24.0 Å². The minimum absolute atomic E-state index is 0.0495. The summed E-state index contributed by atoms with van der Waals surface area (Å²) in [6, 6.07) is 11.4. The number of nitro groups is 1. The number of nitro benzene ring substituents is 1. The minimum atomic E-state index is -0.924. The summed E-state index contributed by atoms with van der Waals surface area (Å²) < 4.78 is 4.80. The molecule has 0 aromatic heterocycles. The number of nitrogens with zero attached hydrogens (tertiary/aromatic N) is 3. The normalized spacial score (nSPS) is 15.5. The Balaban J connectivity index is 1.85. The molecule has 1 fully saturated rings. The first kappa shape index (κ1) is 26.9. The molecule has 0 aliphatic carbocycles. The van der Waals surface area contributed by atoms with E-state index in [0.717, 1.165) is 10.5 Å². The van der Waals surface area contributed by atoms with Crippen LogP contribution in [0.4, 0.5) is 5.69 Å². The molecule has 9 nitrogen and oxygen atoms in total. The zero-order chi connectivity index (χ0) is 26.6. The monoisotopic (exact) mass is 511 g/mol. The maximum absolute atomic E-state index is 13.2. The van der Waals surface area contributed by atoms with Gasteiger partial charge < -0.3 is 14.5 Å². The van der Waals surface area contributed by atoms with Crippen molar-refractivity contribution in [2.24, 2.45) is 0 Å². The molecule has 2 amide bonds. The van der Waals surface area contributed by atoms with E-state index in [0.29, 0.717) is 10.5 Å². The maximum atomic E-state index is 13.2. The molecule has 10 heteroatoms. The molecule has 1 aliphatic heterocycles. The quantitative estimate of drug-likeness (QED) is 0.238. The maximum Gasteiger partial charge on any atom is 0.330 e. The lowest BCUT2D eigenvalue weighted by atomic mass is 10.0. The van der Waals surface area contributed by atoms with Crippen LogP contribution in [0.2, 0.25) is 0 Å². The van der Waals surface area contributed by atoms with Crippen LogP contribution in [0.15, 0.2) is 58.8 Å². The van der Waals surface area contributed by atoms with E-state index in [1.807, 2.05) is 24.3 Å². The predicted molar refractivity (Wildman–Crippen MR) is 137 cm³/mol. The van der Waals surface area contributed by atoms with Crippen molar-refractivity contribution >= 4 is 40.8 Å². The van der Waals surface area contributed by atoms with Gasteiger partial charge in [-0.05, 0) is 29.2 Å². The van der Waals surface area contributed by atoms with Crippen LogP contribution in [-0.2, 0) is 19.1 Å². The first-order valence-electron chi connectivity index (χ1n) is 11.4. The van der Waals surface area contributed by atoms with Crippen molar-refractivity contribution in [3.63, 3.8) is 0 Å². The molecular weight excluding hydrogens is 482 g/mol. The number of benzene rings is 2. The number of esters is 1. The van der Waals surface area contributed by atoms with Crippen LogP contribution < -0.4 is 0 Å². The Bertz CT molecular complexity index is 1210. The van der Waals surface area contributed by atoms with Crippen LogP contribution >= 0.6 is 11.8 Å². The van der Waals surface area contributed by atoms with E-state index in [2.05, 4.69) is 20.4 Å². The van der Waals surface area contributed by atoms with Crippen molar-refractivity contribution in [3.05, 3.63) is 70.3 Å². The summed E-state index contributed by atoms with van der Waals surface area (Å²) in [4.78, 5) is 52.9. The minimum Gasteiger partial charge on any atom is -0.467 e. The number of carbonyl (C=O) groups is 3. The standard InChI is InChI=1S/C26H29N3O6S/c1-16(2)20-8-6-7-9-23(20)36-24-11-10-19(14-21(24)29(33)34)17(3)25(31)27-12-13-28(18(4)30)22(15-27)26(32)35-5/h6-11,14,16,22H,3,12-13,15H2,1-2,4-5H3. The topological polar surface area (TPSA) is 110 Å². The van der Waals surface area contributed by atoms with Gasteiger partial charge in [-0.1, -0.05) is 56.5 Å². The Hall–Kier alpha value is -3.66.